The fraction of sp³-hybridized carbons (Fsp3) is 0.667. The molecule has 3 nitrogen and oxygen atoms in total. The Balaban J connectivity index is 3.15. The molecule has 0 atom stereocenters. The molecule has 0 saturated heterocycles. The maximum absolute atomic E-state index is 10.6. The summed E-state index contributed by atoms with van der Waals surface area (Å²) in [6.07, 6.45) is 0.760. The van der Waals surface area contributed by atoms with Crippen molar-refractivity contribution in [1.82, 2.24) is 5.32 Å². The van der Waals surface area contributed by atoms with Gasteiger partial charge in [0, 0.05) is 13.2 Å². The summed E-state index contributed by atoms with van der Waals surface area (Å²) in [6, 6.07) is 4.19. The first-order valence-electron chi connectivity index (χ1n) is 7.76. The summed E-state index contributed by atoms with van der Waals surface area (Å²) in [6.45, 7) is 14.5. The fourth-order valence-electron chi connectivity index (χ4n) is 2.38. The van der Waals surface area contributed by atoms with Crippen molar-refractivity contribution >= 4 is 0 Å². The number of phenols is 1. The fourth-order valence-corrected chi connectivity index (χ4v) is 2.38. The molecule has 0 radical (unpaired) electrons. The molecular formula is C18H31NO2. The van der Waals surface area contributed by atoms with Crippen molar-refractivity contribution in [2.24, 2.45) is 0 Å². The summed E-state index contributed by atoms with van der Waals surface area (Å²) < 4.78 is 0. The Morgan fingerprint density at radius 3 is 1.81 bits per heavy atom. The van der Waals surface area contributed by atoms with E-state index in [1.165, 1.54) is 5.56 Å². The second-order valence-corrected chi connectivity index (χ2v) is 7.79. The normalized spacial score (nSPS) is 12.7. The first kappa shape index (κ1) is 18.0. The predicted octanol–water partition coefficient (Wildman–Crippen LogP) is 3.46. The minimum absolute atomic E-state index is 0.0921. The van der Waals surface area contributed by atoms with Gasteiger partial charge in [-0.3, -0.25) is 0 Å². The molecule has 120 valence electrons. The molecule has 0 aliphatic heterocycles. The van der Waals surface area contributed by atoms with E-state index >= 15 is 0 Å². The molecule has 1 aromatic rings. The highest BCUT2D eigenvalue weighted by molar-refractivity contribution is 5.49. The van der Waals surface area contributed by atoms with E-state index in [2.05, 4.69) is 59.0 Å². The van der Waals surface area contributed by atoms with Crippen molar-refractivity contribution in [3.05, 3.63) is 28.8 Å². The Bertz CT molecular complexity index is 432. The SMILES string of the molecule is CC(C)(C)c1cc(CNCCCO)cc(C(C)(C)C)c1O. The Kier molecular flexibility index (Phi) is 5.83. The molecular weight excluding hydrogens is 262 g/mol. The average Bonchev–Trinajstić information content (AvgIpc) is 2.33. The molecule has 0 unspecified atom stereocenters. The zero-order chi connectivity index (χ0) is 16.3. The maximum Gasteiger partial charge on any atom is 0.123 e. The Morgan fingerprint density at radius 2 is 1.43 bits per heavy atom. The van der Waals surface area contributed by atoms with E-state index in [1.807, 2.05) is 0 Å². The van der Waals surface area contributed by atoms with Gasteiger partial charge in [-0.2, -0.15) is 0 Å². The monoisotopic (exact) mass is 293 g/mol. The third-order valence-electron chi connectivity index (χ3n) is 3.63. The van der Waals surface area contributed by atoms with E-state index in [0.717, 1.165) is 30.6 Å². The van der Waals surface area contributed by atoms with Crippen LogP contribution < -0.4 is 5.32 Å². The second kappa shape index (κ2) is 6.80. The van der Waals surface area contributed by atoms with E-state index in [1.54, 1.807) is 0 Å². The zero-order valence-electron chi connectivity index (χ0n) is 14.4. The van der Waals surface area contributed by atoms with Gasteiger partial charge in [0.25, 0.3) is 0 Å². The molecule has 0 bridgehead atoms. The van der Waals surface area contributed by atoms with Crippen LogP contribution in [-0.4, -0.2) is 23.4 Å². The van der Waals surface area contributed by atoms with Gasteiger partial charge in [-0.1, -0.05) is 53.7 Å². The lowest BCUT2D eigenvalue weighted by molar-refractivity contribution is 0.286. The van der Waals surface area contributed by atoms with Crippen LogP contribution in [0.2, 0.25) is 0 Å². The van der Waals surface area contributed by atoms with E-state index in [-0.39, 0.29) is 17.4 Å². The molecule has 21 heavy (non-hydrogen) atoms. The van der Waals surface area contributed by atoms with Crippen LogP contribution in [0.4, 0.5) is 0 Å². The van der Waals surface area contributed by atoms with Crippen LogP contribution in [0.3, 0.4) is 0 Å². The standard InChI is InChI=1S/C18H31NO2/c1-17(2,3)14-10-13(12-19-8-7-9-20)11-15(16(14)21)18(4,5)6/h10-11,19-21H,7-9,12H2,1-6H3. The number of hydrogen-bond acceptors (Lipinski definition) is 3. The number of benzene rings is 1. The summed E-state index contributed by atoms with van der Waals surface area (Å²) >= 11 is 0. The molecule has 1 aromatic carbocycles. The van der Waals surface area contributed by atoms with Crippen molar-refractivity contribution in [3.63, 3.8) is 0 Å². The molecule has 0 amide bonds. The Morgan fingerprint density at radius 1 is 0.952 bits per heavy atom. The molecule has 0 heterocycles. The summed E-state index contributed by atoms with van der Waals surface area (Å²) in [7, 11) is 0. The van der Waals surface area contributed by atoms with Gasteiger partial charge in [0.2, 0.25) is 0 Å². The predicted molar refractivity (Wildman–Crippen MR) is 88.9 cm³/mol. The molecule has 0 aliphatic rings. The van der Waals surface area contributed by atoms with E-state index < -0.39 is 0 Å². The first-order chi connectivity index (χ1) is 9.57. The number of nitrogens with one attached hydrogen (secondary N) is 1. The maximum atomic E-state index is 10.6. The Labute approximate surface area is 129 Å². The highest BCUT2D eigenvalue weighted by Gasteiger charge is 2.26. The number of rotatable bonds is 5. The molecule has 0 spiro atoms. The van der Waals surface area contributed by atoms with Gasteiger partial charge in [-0.15, -0.1) is 0 Å². The lowest BCUT2D eigenvalue weighted by atomic mass is 9.78. The van der Waals surface area contributed by atoms with Gasteiger partial charge >= 0.3 is 0 Å². The minimum Gasteiger partial charge on any atom is -0.507 e. The van der Waals surface area contributed by atoms with Crippen LogP contribution in [0.15, 0.2) is 12.1 Å². The third-order valence-corrected chi connectivity index (χ3v) is 3.63. The van der Waals surface area contributed by atoms with Gasteiger partial charge in [-0.25, -0.2) is 0 Å². The number of aliphatic hydroxyl groups is 1. The van der Waals surface area contributed by atoms with Gasteiger partial charge in [-0.05, 0) is 40.5 Å². The van der Waals surface area contributed by atoms with Crippen molar-refractivity contribution < 1.29 is 10.2 Å². The molecule has 0 aliphatic carbocycles. The van der Waals surface area contributed by atoms with Crippen molar-refractivity contribution in [2.45, 2.75) is 65.3 Å². The lowest BCUT2D eigenvalue weighted by Crippen LogP contribution is -2.20. The van der Waals surface area contributed by atoms with Gasteiger partial charge < -0.3 is 15.5 Å². The smallest absolute Gasteiger partial charge is 0.123 e. The van der Waals surface area contributed by atoms with E-state index in [9.17, 15) is 5.11 Å². The molecule has 0 fully saturated rings. The summed E-state index contributed by atoms with van der Waals surface area (Å²) in [5.41, 5.74) is 2.99. The summed E-state index contributed by atoms with van der Waals surface area (Å²) in [4.78, 5) is 0. The quantitative estimate of drug-likeness (QED) is 0.729. The molecule has 3 heteroatoms. The molecule has 3 N–H and O–H groups in total. The first-order valence-corrected chi connectivity index (χ1v) is 7.76. The third kappa shape index (κ3) is 5.01. The number of aliphatic hydroxyl groups excluding tert-OH is 1. The zero-order valence-corrected chi connectivity index (χ0v) is 14.4. The highest BCUT2D eigenvalue weighted by Crippen LogP contribution is 2.39. The average molecular weight is 293 g/mol. The van der Waals surface area contributed by atoms with Crippen LogP contribution >= 0.6 is 0 Å². The van der Waals surface area contributed by atoms with E-state index in [0.29, 0.717) is 5.75 Å². The van der Waals surface area contributed by atoms with Gasteiger partial charge in [0.15, 0.2) is 0 Å². The van der Waals surface area contributed by atoms with Crippen LogP contribution in [0, 0.1) is 0 Å². The van der Waals surface area contributed by atoms with Crippen LogP contribution in [0.5, 0.6) is 5.75 Å². The van der Waals surface area contributed by atoms with Crippen LogP contribution in [-0.2, 0) is 17.4 Å². The van der Waals surface area contributed by atoms with Crippen molar-refractivity contribution in [1.29, 1.82) is 0 Å². The number of aromatic hydroxyl groups is 1. The molecule has 0 saturated carbocycles. The largest absolute Gasteiger partial charge is 0.507 e. The van der Waals surface area contributed by atoms with Crippen molar-refractivity contribution in [2.75, 3.05) is 13.2 Å². The summed E-state index contributed by atoms with van der Waals surface area (Å²) in [5.74, 6) is 0.425. The summed E-state index contributed by atoms with van der Waals surface area (Å²) in [5, 5.41) is 22.8. The van der Waals surface area contributed by atoms with Crippen LogP contribution in [0.25, 0.3) is 0 Å². The Hall–Kier alpha value is -1.06. The topological polar surface area (TPSA) is 52.5 Å². The minimum atomic E-state index is -0.0921. The second-order valence-electron chi connectivity index (χ2n) is 7.79. The van der Waals surface area contributed by atoms with E-state index in [4.69, 9.17) is 5.11 Å². The van der Waals surface area contributed by atoms with Gasteiger partial charge in [0.05, 0.1) is 0 Å². The number of hydrogen-bond donors (Lipinski definition) is 3. The lowest BCUT2D eigenvalue weighted by Gasteiger charge is -2.28. The molecule has 1 rings (SSSR count). The molecule has 0 aromatic heterocycles. The highest BCUT2D eigenvalue weighted by atomic mass is 16.3. The number of phenolic OH excluding ortho intramolecular Hbond substituents is 1. The van der Waals surface area contributed by atoms with Gasteiger partial charge in [0.1, 0.15) is 5.75 Å². The van der Waals surface area contributed by atoms with Crippen LogP contribution in [0.1, 0.15) is 64.7 Å². The van der Waals surface area contributed by atoms with Crippen molar-refractivity contribution in [3.8, 4) is 5.75 Å².